The molecule has 0 aromatic heterocycles. The van der Waals surface area contributed by atoms with Gasteiger partial charge in [0, 0.05) is 13.8 Å². The lowest BCUT2D eigenvalue weighted by Gasteiger charge is -2.23. The van der Waals surface area contributed by atoms with Crippen LogP contribution in [0.4, 0.5) is 0 Å². The number of nitrogens with one attached hydrogen (secondary N) is 1. The van der Waals surface area contributed by atoms with Crippen molar-refractivity contribution >= 4 is 11.9 Å². The van der Waals surface area contributed by atoms with Gasteiger partial charge in [-0.3, -0.25) is 9.59 Å². The molecule has 0 heterocycles. The zero-order valence-electron chi connectivity index (χ0n) is 9.70. The molecule has 88 valence electrons. The molecule has 0 aliphatic rings. The fourth-order valence-electron chi connectivity index (χ4n) is 1.08. The molecular formula is C10H19NO4. The minimum absolute atomic E-state index is 0.355. The molecule has 5 heteroatoms. The zero-order valence-corrected chi connectivity index (χ0v) is 9.70. The number of hydrogen-bond acceptors (Lipinski definition) is 5. The summed E-state index contributed by atoms with van der Waals surface area (Å²) in [6.07, 6.45) is 0.424. The van der Waals surface area contributed by atoms with Crippen molar-refractivity contribution in [2.45, 2.75) is 53.0 Å². The fraction of sp³-hybridized carbons (Fsp3) is 0.800. The largest absolute Gasteiger partial charge is 0.447 e. The molecular weight excluding hydrogens is 198 g/mol. The van der Waals surface area contributed by atoms with Crippen LogP contribution in [0.15, 0.2) is 0 Å². The Morgan fingerprint density at radius 2 is 1.33 bits per heavy atom. The van der Waals surface area contributed by atoms with Gasteiger partial charge >= 0.3 is 11.9 Å². The molecule has 1 N–H and O–H groups in total. The van der Waals surface area contributed by atoms with Crippen molar-refractivity contribution in [2.24, 2.45) is 0 Å². The molecule has 2 atom stereocenters. The maximum atomic E-state index is 10.7. The van der Waals surface area contributed by atoms with Gasteiger partial charge in [0.05, 0.1) is 0 Å². The Kier molecular flexibility index (Phi) is 6.70. The van der Waals surface area contributed by atoms with Crippen LogP contribution >= 0.6 is 0 Å². The van der Waals surface area contributed by atoms with Gasteiger partial charge in [-0.2, -0.15) is 0 Å². The molecule has 0 aliphatic carbocycles. The average Bonchev–Trinajstić information content (AvgIpc) is 2.14. The molecule has 0 rings (SSSR count). The minimum Gasteiger partial charge on any atom is -0.447 e. The van der Waals surface area contributed by atoms with Gasteiger partial charge in [-0.15, -0.1) is 0 Å². The second kappa shape index (κ2) is 7.23. The molecule has 0 radical (unpaired) electrons. The first-order valence-electron chi connectivity index (χ1n) is 5.10. The van der Waals surface area contributed by atoms with Crippen molar-refractivity contribution in [2.75, 3.05) is 0 Å². The molecule has 0 aromatic rings. The highest BCUT2D eigenvalue weighted by Crippen LogP contribution is 2.01. The van der Waals surface area contributed by atoms with Crippen LogP contribution in [0, 0.1) is 0 Å². The van der Waals surface area contributed by atoms with Crippen LogP contribution in [-0.4, -0.2) is 24.4 Å². The first-order valence-corrected chi connectivity index (χ1v) is 5.10. The predicted molar refractivity (Wildman–Crippen MR) is 54.8 cm³/mol. The van der Waals surface area contributed by atoms with Crippen LogP contribution in [0.25, 0.3) is 0 Å². The van der Waals surface area contributed by atoms with E-state index in [4.69, 9.17) is 9.47 Å². The van der Waals surface area contributed by atoms with E-state index in [0.29, 0.717) is 12.8 Å². The summed E-state index contributed by atoms with van der Waals surface area (Å²) < 4.78 is 9.94. The summed E-state index contributed by atoms with van der Waals surface area (Å²) in [6.45, 7) is 6.44. The molecule has 0 amide bonds. The van der Waals surface area contributed by atoms with Crippen LogP contribution in [0.1, 0.15) is 40.5 Å². The number of ether oxygens (including phenoxy) is 2. The highest BCUT2D eigenvalue weighted by molar-refractivity contribution is 5.66. The van der Waals surface area contributed by atoms with E-state index >= 15 is 0 Å². The third kappa shape index (κ3) is 6.90. The van der Waals surface area contributed by atoms with E-state index in [1.54, 1.807) is 0 Å². The monoisotopic (exact) mass is 217 g/mol. The van der Waals surface area contributed by atoms with Crippen molar-refractivity contribution in [1.82, 2.24) is 5.32 Å². The van der Waals surface area contributed by atoms with Gasteiger partial charge in [-0.25, -0.2) is 5.32 Å². The minimum atomic E-state index is -0.410. The van der Waals surface area contributed by atoms with E-state index in [1.807, 2.05) is 13.8 Å². The summed E-state index contributed by atoms with van der Waals surface area (Å²) >= 11 is 0. The lowest BCUT2D eigenvalue weighted by atomic mass is 10.3. The quantitative estimate of drug-likeness (QED) is 0.534. The van der Waals surface area contributed by atoms with Gasteiger partial charge in [0.25, 0.3) is 0 Å². The topological polar surface area (TPSA) is 64.6 Å². The van der Waals surface area contributed by atoms with Crippen molar-refractivity contribution in [1.29, 1.82) is 0 Å². The Hall–Kier alpha value is -1.10. The van der Waals surface area contributed by atoms with Crippen LogP contribution in [-0.2, 0) is 19.1 Å². The zero-order chi connectivity index (χ0) is 11.8. The molecule has 0 spiro atoms. The first kappa shape index (κ1) is 13.9. The molecule has 0 saturated heterocycles. The van der Waals surface area contributed by atoms with Gasteiger partial charge in [-0.1, -0.05) is 13.8 Å². The standard InChI is InChI=1S/C10H19NO4/c1-5-9(14-7(3)12)11-10(6-2)15-8(4)13/h9-11H,5-6H2,1-4H3. The van der Waals surface area contributed by atoms with Crippen molar-refractivity contribution in [3.05, 3.63) is 0 Å². The lowest BCUT2D eigenvalue weighted by molar-refractivity contribution is -0.156. The van der Waals surface area contributed by atoms with Crippen molar-refractivity contribution < 1.29 is 19.1 Å². The lowest BCUT2D eigenvalue weighted by Crippen LogP contribution is -2.42. The van der Waals surface area contributed by atoms with Crippen molar-refractivity contribution in [3.8, 4) is 0 Å². The Labute approximate surface area is 90.1 Å². The van der Waals surface area contributed by atoms with E-state index in [1.165, 1.54) is 13.8 Å². The van der Waals surface area contributed by atoms with Gasteiger partial charge < -0.3 is 9.47 Å². The van der Waals surface area contributed by atoms with Crippen LogP contribution < -0.4 is 5.32 Å². The molecule has 0 saturated carbocycles. The van der Waals surface area contributed by atoms with Crippen LogP contribution in [0.3, 0.4) is 0 Å². The summed E-state index contributed by atoms with van der Waals surface area (Å²) in [4.78, 5) is 21.5. The SMILES string of the molecule is CCC(NC(CC)OC(C)=O)OC(C)=O. The van der Waals surface area contributed by atoms with E-state index in [2.05, 4.69) is 5.32 Å². The maximum Gasteiger partial charge on any atom is 0.304 e. The predicted octanol–water partition coefficient (Wildman–Crippen LogP) is 1.17. The van der Waals surface area contributed by atoms with Crippen LogP contribution in [0.5, 0.6) is 0 Å². The summed E-state index contributed by atoms with van der Waals surface area (Å²) in [6, 6.07) is 0. The van der Waals surface area contributed by atoms with Gasteiger partial charge in [-0.05, 0) is 12.8 Å². The van der Waals surface area contributed by atoms with Gasteiger partial charge in [0.15, 0.2) is 12.5 Å². The highest BCUT2D eigenvalue weighted by Gasteiger charge is 2.16. The summed E-state index contributed by atoms with van der Waals surface area (Å²) in [5, 5.41) is 2.93. The Bertz CT molecular complexity index is 195. The molecule has 15 heavy (non-hydrogen) atoms. The third-order valence-corrected chi connectivity index (χ3v) is 1.73. The van der Waals surface area contributed by atoms with E-state index in [9.17, 15) is 9.59 Å². The first-order chi connectivity index (χ1) is 6.99. The summed E-state index contributed by atoms with van der Waals surface area (Å²) in [5.41, 5.74) is 0. The fourth-order valence-corrected chi connectivity index (χ4v) is 1.08. The van der Waals surface area contributed by atoms with E-state index in [-0.39, 0.29) is 11.9 Å². The third-order valence-electron chi connectivity index (χ3n) is 1.73. The molecule has 0 fully saturated rings. The number of rotatable bonds is 6. The Morgan fingerprint density at radius 3 is 1.53 bits per heavy atom. The molecule has 0 bridgehead atoms. The number of carbonyl (C=O) groups excluding carboxylic acids is 2. The Morgan fingerprint density at radius 1 is 1.00 bits per heavy atom. The molecule has 0 aromatic carbocycles. The second-order valence-electron chi connectivity index (χ2n) is 3.18. The number of esters is 2. The maximum absolute atomic E-state index is 10.7. The van der Waals surface area contributed by atoms with Crippen molar-refractivity contribution in [3.63, 3.8) is 0 Å². The number of hydrogen-bond donors (Lipinski definition) is 1. The molecule has 2 unspecified atom stereocenters. The second-order valence-corrected chi connectivity index (χ2v) is 3.18. The highest BCUT2D eigenvalue weighted by atomic mass is 16.6. The van der Waals surface area contributed by atoms with Crippen LogP contribution in [0.2, 0.25) is 0 Å². The average molecular weight is 217 g/mol. The summed E-state index contributed by atoms with van der Waals surface area (Å²) in [5.74, 6) is -0.709. The molecule has 5 nitrogen and oxygen atoms in total. The van der Waals surface area contributed by atoms with Gasteiger partial charge in [0.2, 0.25) is 0 Å². The van der Waals surface area contributed by atoms with E-state index < -0.39 is 12.5 Å². The normalized spacial score (nSPS) is 14.1. The Balaban J connectivity index is 4.10. The molecule has 0 aliphatic heterocycles. The number of carbonyl (C=O) groups is 2. The summed E-state index contributed by atoms with van der Waals surface area (Å²) in [7, 11) is 0. The van der Waals surface area contributed by atoms with Gasteiger partial charge in [0.1, 0.15) is 0 Å². The van der Waals surface area contributed by atoms with E-state index in [0.717, 1.165) is 0 Å². The smallest absolute Gasteiger partial charge is 0.304 e.